The lowest BCUT2D eigenvalue weighted by molar-refractivity contribution is 0.159. The Labute approximate surface area is 179 Å². The highest BCUT2D eigenvalue weighted by molar-refractivity contribution is 14.0. The highest BCUT2D eigenvalue weighted by Crippen LogP contribution is 2.16. The summed E-state index contributed by atoms with van der Waals surface area (Å²) in [6.45, 7) is 6.54. The van der Waals surface area contributed by atoms with Crippen molar-refractivity contribution in [1.29, 1.82) is 0 Å². The molecule has 0 aliphatic carbocycles. The summed E-state index contributed by atoms with van der Waals surface area (Å²) in [6.07, 6.45) is 6.08. The van der Waals surface area contributed by atoms with Crippen molar-refractivity contribution >= 4 is 41.0 Å². The van der Waals surface area contributed by atoms with Crippen LogP contribution >= 0.6 is 24.0 Å². The van der Waals surface area contributed by atoms with Crippen LogP contribution in [0.15, 0.2) is 29.3 Å². The molecule has 6 nitrogen and oxygen atoms in total. The second-order valence-electron chi connectivity index (χ2n) is 7.11. The largest absolute Gasteiger partial charge is 0.356 e. The predicted octanol–water partition coefficient (Wildman–Crippen LogP) is 3.15. The van der Waals surface area contributed by atoms with Gasteiger partial charge < -0.3 is 20.5 Å². The van der Waals surface area contributed by atoms with Crippen molar-refractivity contribution in [2.24, 2.45) is 4.99 Å². The zero-order chi connectivity index (χ0) is 18.2. The van der Waals surface area contributed by atoms with Gasteiger partial charge in [0.2, 0.25) is 0 Å². The summed E-state index contributed by atoms with van der Waals surface area (Å²) >= 11 is 0. The third-order valence-corrected chi connectivity index (χ3v) is 5.17. The van der Waals surface area contributed by atoms with Crippen LogP contribution in [0.3, 0.4) is 0 Å². The van der Waals surface area contributed by atoms with Crippen LogP contribution in [0.1, 0.15) is 38.4 Å². The Kier molecular flexibility index (Phi) is 9.33. The van der Waals surface area contributed by atoms with Crippen molar-refractivity contribution in [3.8, 4) is 0 Å². The number of guanidine groups is 1. The van der Waals surface area contributed by atoms with Crippen molar-refractivity contribution in [3.05, 3.63) is 30.1 Å². The molecule has 27 heavy (non-hydrogen) atoms. The molecule has 1 aromatic carbocycles. The maximum Gasteiger partial charge on any atom is 0.190 e. The second kappa shape index (κ2) is 11.5. The predicted molar refractivity (Wildman–Crippen MR) is 124 cm³/mol. The Morgan fingerprint density at radius 1 is 1.26 bits per heavy atom. The summed E-state index contributed by atoms with van der Waals surface area (Å²) in [6, 6.07) is 8.88. The fourth-order valence-electron chi connectivity index (χ4n) is 3.62. The highest BCUT2D eigenvalue weighted by Gasteiger charge is 2.17. The number of aromatic nitrogens is 2. The number of hydrogen-bond acceptors (Lipinski definition) is 3. The average molecular weight is 484 g/mol. The molecule has 1 aliphatic rings. The van der Waals surface area contributed by atoms with Crippen molar-refractivity contribution in [3.63, 3.8) is 0 Å². The summed E-state index contributed by atoms with van der Waals surface area (Å²) in [7, 11) is 1.82. The number of fused-ring (bicyclic) bond motifs is 1. The minimum Gasteiger partial charge on any atom is -0.356 e. The molecule has 1 atom stereocenters. The molecule has 3 rings (SSSR count). The van der Waals surface area contributed by atoms with Crippen molar-refractivity contribution in [1.82, 2.24) is 25.5 Å². The first-order valence-corrected chi connectivity index (χ1v) is 9.88. The lowest BCUT2D eigenvalue weighted by Gasteiger charge is -2.33. The number of piperidine rings is 1. The van der Waals surface area contributed by atoms with Crippen LogP contribution in [0.2, 0.25) is 0 Å². The third kappa shape index (κ3) is 6.64. The van der Waals surface area contributed by atoms with Gasteiger partial charge in [0, 0.05) is 39.1 Å². The number of imidazole rings is 1. The summed E-state index contributed by atoms with van der Waals surface area (Å²) in [5.74, 6) is 1.88. The fourth-order valence-corrected chi connectivity index (χ4v) is 3.62. The van der Waals surface area contributed by atoms with Gasteiger partial charge in [0.05, 0.1) is 11.0 Å². The quantitative estimate of drug-likeness (QED) is 0.245. The van der Waals surface area contributed by atoms with Gasteiger partial charge in [0.15, 0.2) is 5.96 Å². The second-order valence-corrected chi connectivity index (χ2v) is 7.11. The first-order chi connectivity index (χ1) is 12.8. The van der Waals surface area contributed by atoms with E-state index >= 15 is 0 Å². The number of para-hydroxylation sites is 2. The van der Waals surface area contributed by atoms with Gasteiger partial charge in [-0.1, -0.05) is 18.6 Å². The van der Waals surface area contributed by atoms with Crippen molar-refractivity contribution in [2.75, 3.05) is 33.2 Å². The van der Waals surface area contributed by atoms with E-state index in [2.05, 4.69) is 43.5 Å². The van der Waals surface area contributed by atoms with Crippen LogP contribution in [0.25, 0.3) is 11.0 Å². The van der Waals surface area contributed by atoms with Gasteiger partial charge in [-0.3, -0.25) is 4.99 Å². The Bertz CT molecular complexity index is 680. The molecule has 0 spiro atoms. The zero-order valence-corrected chi connectivity index (χ0v) is 18.8. The average Bonchev–Trinajstić information content (AvgIpc) is 3.07. The first kappa shape index (κ1) is 21.9. The normalized spacial score (nSPS) is 18.3. The number of halogens is 1. The minimum atomic E-state index is 0. The molecule has 150 valence electrons. The Balaban J connectivity index is 0.00000261. The number of H-pyrrole nitrogens is 1. The van der Waals surface area contributed by atoms with E-state index < -0.39 is 0 Å². The van der Waals surface area contributed by atoms with Crippen LogP contribution in [0.5, 0.6) is 0 Å². The van der Waals surface area contributed by atoms with E-state index in [0.717, 1.165) is 54.8 Å². The zero-order valence-electron chi connectivity index (χ0n) is 16.5. The molecule has 2 heterocycles. The Morgan fingerprint density at radius 3 is 2.85 bits per heavy atom. The summed E-state index contributed by atoms with van der Waals surface area (Å²) in [4.78, 5) is 14.9. The molecule has 3 N–H and O–H groups in total. The van der Waals surface area contributed by atoms with Crippen LogP contribution in [0.4, 0.5) is 0 Å². The number of aromatic amines is 1. The maximum absolute atomic E-state index is 4.61. The molecule has 0 radical (unpaired) electrons. The lowest BCUT2D eigenvalue weighted by atomic mass is 10.0. The van der Waals surface area contributed by atoms with Gasteiger partial charge in [-0.15, -0.1) is 24.0 Å². The maximum atomic E-state index is 4.61. The monoisotopic (exact) mass is 484 g/mol. The van der Waals surface area contributed by atoms with Gasteiger partial charge in [-0.25, -0.2) is 4.98 Å². The topological polar surface area (TPSA) is 68.3 Å². The van der Waals surface area contributed by atoms with Gasteiger partial charge in [-0.2, -0.15) is 0 Å². The molecule has 0 bridgehead atoms. The molecule has 0 saturated carbocycles. The molecule has 2 aromatic rings. The summed E-state index contributed by atoms with van der Waals surface area (Å²) in [5, 5.41) is 6.79. The fraction of sp³-hybridized carbons (Fsp3) is 0.600. The lowest BCUT2D eigenvalue weighted by Crippen LogP contribution is -2.41. The van der Waals surface area contributed by atoms with E-state index in [0.29, 0.717) is 0 Å². The molecule has 7 heteroatoms. The number of likely N-dealkylation sites (tertiary alicyclic amines) is 1. The molecule has 0 amide bonds. The number of rotatable bonds is 7. The summed E-state index contributed by atoms with van der Waals surface area (Å²) < 4.78 is 0. The molecule has 1 saturated heterocycles. The minimum absolute atomic E-state index is 0. The number of aliphatic imine (C=N–C) groups is 1. The van der Waals surface area contributed by atoms with Gasteiger partial charge in [-0.05, 0) is 44.9 Å². The first-order valence-electron chi connectivity index (χ1n) is 9.88. The van der Waals surface area contributed by atoms with E-state index in [-0.39, 0.29) is 24.0 Å². The molecule has 1 aromatic heterocycles. The van der Waals surface area contributed by atoms with Gasteiger partial charge >= 0.3 is 0 Å². The van der Waals surface area contributed by atoms with E-state index in [1.807, 2.05) is 25.2 Å². The SMILES string of the molecule is CN=C(NCCCN1CCCCC1C)NCCc1nc2ccccc2[nH]1.I. The van der Waals surface area contributed by atoms with E-state index in [4.69, 9.17) is 0 Å². The Hall–Kier alpha value is -1.35. The number of nitrogens with zero attached hydrogens (tertiary/aromatic N) is 3. The van der Waals surface area contributed by atoms with Gasteiger partial charge in [0.25, 0.3) is 0 Å². The Morgan fingerprint density at radius 2 is 2.07 bits per heavy atom. The molecule has 1 aliphatic heterocycles. The molecule has 1 fully saturated rings. The molecule has 1 unspecified atom stereocenters. The van der Waals surface area contributed by atoms with E-state index in [9.17, 15) is 0 Å². The summed E-state index contributed by atoms with van der Waals surface area (Å²) in [5.41, 5.74) is 2.12. The standard InChI is InChI=1S/C20H32N6.HI/c1-16-8-5-6-14-26(16)15-7-12-22-20(21-2)23-13-11-19-24-17-9-3-4-10-18(17)25-19;/h3-4,9-10,16H,5-8,11-15H2,1-2H3,(H,24,25)(H2,21,22,23);1H. The van der Waals surface area contributed by atoms with Gasteiger partial charge in [0.1, 0.15) is 5.82 Å². The number of hydrogen-bond donors (Lipinski definition) is 3. The number of benzene rings is 1. The van der Waals surface area contributed by atoms with E-state index in [1.54, 1.807) is 0 Å². The smallest absolute Gasteiger partial charge is 0.190 e. The van der Waals surface area contributed by atoms with Crippen LogP contribution in [-0.2, 0) is 6.42 Å². The third-order valence-electron chi connectivity index (χ3n) is 5.17. The van der Waals surface area contributed by atoms with Crippen LogP contribution in [0, 0.1) is 0 Å². The van der Waals surface area contributed by atoms with Crippen molar-refractivity contribution in [2.45, 2.75) is 45.1 Å². The molecular formula is C20H33IN6. The van der Waals surface area contributed by atoms with Crippen LogP contribution in [-0.4, -0.2) is 60.1 Å². The highest BCUT2D eigenvalue weighted by atomic mass is 127. The van der Waals surface area contributed by atoms with Crippen LogP contribution < -0.4 is 10.6 Å². The van der Waals surface area contributed by atoms with E-state index in [1.165, 1.54) is 32.4 Å². The molecular weight excluding hydrogens is 451 g/mol. The number of nitrogens with one attached hydrogen (secondary N) is 3. The van der Waals surface area contributed by atoms with Crippen molar-refractivity contribution < 1.29 is 0 Å².